The van der Waals surface area contributed by atoms with Crippen molar-refractivity contribution in [2.24, 2.45) is 0 Å². The monoisotopic (exact) mass is 310 g/mol. The van der Waals surface area contributed by atoms with Crippen LogP contribution in [0.4, 0.5) is 4.39 Å². The van der Waals surface area contributed by atoms with Crippen LogP contribution in [0.2, 0.25) is 0 Å². The van der Waals surface area contributed by atoms with Gasteiger partial charge in [-0.15, -0.1) is 0 Å². The smallest absolute Gasteiger partial charge is 0.144 e. The zero-order valence-corrected chi connectivity index (χ0v) is 11.3. The van der Waals surface area contributed by atoms with Crippen LogP contribution >= 0.6 is 15.9 Å². The molecule has 0 saturated heterocycles. The Morgan fingerprint density at radius 2 is 1.89 bits per heavy atom. The van der Waals surface area contributed by atoms with E-state index in [1.165, 1.54) is 12.1 Å². The first-order valence-electron chi connectivity index (χ1n) is 5.48. The van der Waals surface area contributed by atoms with Crippen molar-refractivity contribution in [1.82, 2.24) is 0 Å². The van der Waals surface area contributed by atoms with E-state index in [9.17, 15) is 9.50 Å². The summed E-state index contributed by atoms with van der Waals surface area (Å²) in [6, 6.07) is 11.3. The Hall–Kier alpha value is -1.39. The number of hydrogen-bond donors (Lipinski definition) is 1. The first-order valence-corrected chi connectivity index (χ1v) is 6.27. The molecule has 0 spiro atoms. The second-order valence-electron chi connectivity index (χ2n) is 3.89. The average molecular weight is 311 g/mol. The third kappa shape index (κ3) is 2.89. The number of ether oxygens (including phenoxy) is 1. The molecule has 18 heavy (non-hydrogen) atoms. The van der Waals surface area contributed by atoms with E-state index in [1.807, 2.05) is 6.07 Å². The van der Waals surface area contributed by atoms with Crippen LogP contribution in [0.3, 0.4) is 0 Å². The van der Waals surface area contributed by atoms with E-state index in [2.05, 4.69) is 15.9 Å². The number of para-hydroxylation sites is 1. The molecule has 4 heteroatoms. The van der Waals surface area contributed by atoms with Crippen molar-refractivity contribution >= 4 is 15.9 Å². The third-order valence-corrected chi connectivity index (χ3v) is 3.14. The normalized spacial score (nSPS) is 12.2. The zero-order chi connectivity index (χ0) is 13.1. The highest BCUT2D eigenvalue weighted by Gasteiger charge is 2.11. The number of benzene rings is 2. The molecule has 2 rings (SSSR count). The molecule has 0 bridgehead atoms. The Morgan fingerprint density at radius 3 is 2.61 bits per heavy atom. The molecule has 1 atom stereocenters. The van der Waals surface area contributed by atoms with Crippen LogP contribution in [-0.2, 0) is 0 Å². The Labute approximate surface area is 113 Å². The third-order valence-electron chi connectivity index (χ3n) is 2.48. The SMILES string of the molecule is C[C@@H](O)c1ccccc1Oc1cc(F)ccc1Br. The molecule has 0 saturated carbocycles. The summed E-state index contributed by atoms with van der Waals surface area (Å²) in [5, 5.41) is 9.64. The first-order chi connectivity index (χ1) is 8.58. The molecular weight excluding hydrogens is 299 g/mol. The van der Waals surface area contributed by atoms with E-state index in [4.69, 9.17) is 4.74 Å². The molecule has 0 heterocycles. The second-order valence-corrected chi connectivity index (χ2v) is 4.74. The molecule has 0 aliphatic carbocycles. The minimum absolute atomic E-state index is 0.372. The summed E-state index contributed by atoms with van der Waals surface area (Å²) >= 11 is 3.30. The van der Waals surface area contributed by atoms with E-state index in [-0.39, 0.29) is 5.82 Å². The number of hydrogen-bond acceptors (Lipinski definition) is 2. The quantitative estimate of drug-likeness (QED) is 0.908. The van der Waals surface area contributed by atoms with Crippen molar-refractivity contribution in [3.8, 4) is 11.5 Å². The fourth-order valence-electron chi connectivity index (χ4n) is 1.59. The van der Waals surface area contributed by atoms with Crippen molar-refractivity contribution in [2.45, 2.75) is 13.0 Å². The number of rotatable bonds is 3. The Morgan fingerprint density at radius 1 is 1.17 bits per heavy atom. The molecular formula is C14H12BrFO2. The summed E-state index contributed by atoms with van der Waals surface area (Å²) in [7, 11) is 0. The highest BCUT2D eigenvalue weighted by molar-refractivity contribution is 9.10. The molecule has 2 aromatic carbocycles. The number of halogens is 2. The predicted molar refractivity (Wildman–Crippen MR) is 71.2 cm³/mol. The van der Waals surface area contributed by atoms with E-state index >= 15 is 0 Å². The van der Waals surface area contributed by atoms with Crippen molar-refractivity contribution in [1.29, 1.82) is 0 Å². The fraction of sp³-hybridized carbons (Fsp3) is 0.143. The van der Waals surface area contributed by atoms with Gasteiger partial charge >= 0.3 is 0 Å². The van der Waals surface area contributed by atoms with Crippen LogP contribution in [0, 0.1) is 5.82 Å². The summed E-state index contributed by atoms with van der Waals surface area (Å²) in [6.45, 7) is 1.66. The molecule has 2 aromatic rings. The van der Waals surface area contributed by atoms with E-state index in [1.54, 1.807) is 31.2 Å². The van der Waals surface area contributed by atoms with Gasteiger partial charge in [0, 0.05) is 11.6 Å². The average Bonchev–Trinajstić information content (AvgIpc) is 2.34. The lowest BCUT2D eigenvalue weighted by Crippen LogP contribution is -1.96. The van der Waals surface area contributed by atoms with E-state index in [0.717, 1.165) is 0 Å². The molecule has 0 fully saturated rings. The van der Waals surface area contributed by atoms with Gasteiger partial charge < -0.3 is 9.84 Å². The molecule has 2 nitrogen and oxygen atoms in total. The molecule has 94 valence electrons. The van der Waals surface area contributed by atoms with Gasteiger partial charge in [0.1, 0.15) is 17.3 Å². The van der Waals surface area contributed by atoms with E-state index in [0.29, 0.717) is 21.5 Å². The molecule has 0 unspecified atom stereocenters. The molecule has 0 aromatic heterocycles. The molecule has 0 amide bonds. The molecule has 0 aliphatic rings. The zero-order valence-electron chi connectivity index (χ0n) is 9.73. The topological polar surface area (TPSA) is 29.5 Å². The van der Waals surface area contributed by atoms with Crippen LogP contribution in [0.1, 0.15) is 18.6 Å². The summed E-state index contributed by atoms with van der Waals surface area (Å²) in [6.07, 6.45) is -0.645. The standard InChI is InChI=1S/C14H12BrFO2/c1-9(17)11-4-2-3-5-13(11)18-14-8-10(16)6-7-12(14)15/h2-9,17H,1H3/t9-/m1/s1. The van der Waals surface area contributed by atoms with Gasteiger partial charge in [0.25, 0.3) is 0 Å². The highest BCUT2D eigenvalue weighted by atomic mass is 79.9. The van der Waals surface area contributed by atoms with E-state index < -0.39 is 6.10 Å². The minimum Gasteiger partial charge on any atom is -0.456 e. The van der Waals surface area contributed by atoms with Crippen molar-refractivity contribution in [3.63, 3.8) is 0 Å². The minimum atomic E-state index is -0.645. The summed E-state index contributed by atoms with van der Waals surface area (Å²) in [5.74, 6) is 0.518. The predicted octanol–water partition coefficient (Wildman–Crippen LogP) is 4.43. The number of aliphatic hydroxyl groups is 1. The summed E-state index contributed by atoms with van der Waals surface area (Å²) < 4.78 is 19.5. The molecule has 1 N–H and O–H groups in total. The largest absolute Gasteiger partial charge is 0.456 e. The maximum atomic E-state index is 13.2. The highest BCUT2D eigenvalue weighted by Crippen LogP contribution is 2.33. The van der Waals surface area contributed by atoms with Crippen LogP contribution in [0.5, 0.6) is 11.5 Å². The van der Waals surface area contributed by atoms with Gasteiger partial charge in [0.2, 0.25) is 0 Å². The maximum absolute atomic E-state index is 13.2. The number of aliphatic hydroxyl groups excluding tert-OH is 1. The van der Waals surface area contributed by atoms with Crippen LogP contribution in [0.25, 0.3) is 0 Å². The van der Waals surface area contributed by atoms with Gasteiger partial charge in [-0.2, -0.15) is 0 Å². The van der Waals surface area contributed by atoms with Gasteiger partial charge in [-0.3, -0.25) is 0 Å². The van der Waals surface area contributed by atoms with Crippen LogP contribution in [-0.4, -0.2) is 5.11 Å². The molecule has 0 aliphatic heterocycles. The van der Waals surface area contributed by atoms with Gasteiger partial charge in [-0.1, -0.05) is 18.2 Å². The second kappa shape index (κ2) is 5.50. The lowest BCUT2D eigenvalue weighted by molar-refractivity contribution is 0.195. The van der Waals surface area contributed by atoms with Gasteiger partial charge in [0.05, 0.1) is 10.6 Å². The Kier molecular flexibility index (Phi) is 3.99. The Balaban J connectivity index is 2.37. The van der Waals surface area contributed by atoms with Crippen LogP contribution in [0.15, 0.2) is 46.9 Å². The van der Waals surface area contributed by atoms with Gasteiger partial charge in [-0.25, -0.2) is 4.39 Å². The maximum Gasteiger partial charge on any atom is 0.144 e. The first kappa shape index (κ1) is 13.1. The van der Waals surface area contributed by atoms with Crippen molar-refractivity contribution in [2.75, 3.05) is 0 Å². The van der Waals surface area contributed by atoms with Gasteiger partial charge in [-0.05, 0) is 41.1 Å². The van der Waals surface area contributed by atoms with Gasteiger partial charge in [0.15, 0.2) is 0 Å². The summed E-state index contributed by atoms with van der Waals surface area (Å²) in [5.41, 5.74) is 0.661. The summed E-state index contributed by atoms with van der Waals surface area (Å²) in [4.78, 5) is 0. The fourth-order valence-corrected chi connectivity index (χ4v) is 1.92. The van der Waals surface area contributed by atoms with Crippen molar-refractivity contribution < 1.29 is 14.2 Å². The lowest BCUT2D eigenvalue weighted by Gasteiger charge is -2.13. The van der Waals surface area contributed by atoms with Crippen molar-refractivity contribution in [3.05, 3.63) is 58.3 Å². The lowest BCUT2D eigenvalue weighted by atomic mass is 10.1. The molecule has 0 radical (unpaired) electrons. The Bertz CT molecular complexity index is 555. The van der Waals surface area contributed by atoms with Crippen LogP contribution < -0.4 is 4.74 Å².